The molecule has 3 nitrogen and oxygen atoms in total. The number of para-hydroxylation sites is 4. The Bertz CT molecular complexity index is 2070. The predicted octanol–water partition coefficient (Wildman–Crippen LogP) is 8.94. The van der Waals surface area contributed by atoms with Crippen LogP contribution in [-0.2, 0) is 0 Å². The van der Waals surface area contributed by atoms with Gasteiger partial charge >= 0.3 is 0 Å². The number of hydrogen-bond donors (Lipinski definition) is 0. The smallest absolute Gasteiger partial charge is 0.145 e. The van der Waals surface area contributed by atoms with Crippen LogP contribution in [0.15, 0.2) is 140 Å². The zero-order valence-corrected chi connectivity index (χ0v) is 20.6. The third-order valence-electron chi connectivity index (χ3n) is 7.53. The van der Waals surface area contributed by atoms with Gasteiger partial charge in [0.05, 0.1) is 27.8 Å². The van der Waals surface area contributed by atoms with E-state index in [2.05, 4.69) is 149 Å². The van der Waals surface area contributed by atoms with Crippen LogP contribution < -0.4 is 0 Å². The van der Waals surface area contributed by atoms with Crippen LogP contribution in [0.2, 0.25) is 0 Å². The Labute approximate surface area is 219 Å². The number of imidazole rings is 1. The molecule has 0 N–H and O–H groups in total. The third-order valence-corrected chi connectivity index (χ3v) is 7.53. The second-order valence-corrected chi connectivity index (χ2v) is 9.67. The molecular formula is C35H23N3. The Hall–Kier alpha value is -5.15. The number of fused-ring (bicyclic) bond motifs is 5. The first-order valence-electron chi connectivity index (χ1n) is 12.9. The Morgan fingerprint density at radius 2 is 1.00 bits per heavy atom. The minimum absolute atomic E-state index is 0.941. The van der Waals surface area contributed by atoms with Gasteiger partial charge in [-0.05, 0) is 60.0 Å². The lowest BCUT2D eigenvalue weighted by Gasteiger charge is -2.13. The molecule has 2 aromatic heterocycles. The van der Waals surface area contributed by atoms with E-state index in [1.165, 1.54) is 32.6 Å². The molecule has 0 aliphatic rings. The zero-order valence-electron chi connectivity index (χ0n) is 20.6. The van der Waals surface area contributed by atoms with Gasteiger partial charge in [0.2, 0.25) is 0 Å². The van der Waals surface area contributed by atoms with Gasteiger partial charge < -0.3 is 4.57 Å². The topological polar surface area (TPSA) is 22.8 Å². The maximum atomic E-state index is 5.11. The summed E-state index contributed by atoms with van der Waals surface area (Å²) in [5.74, 6) is 0.941. The SMILES string of the molecule is c1ccc2c(-n3c(-c4ccc(-n5c6ccccc6c6ccccc65)cc4)nc4ccccc43)cccc2c1. The van der Waals surface area contributed by atoms with E-state index in [-0.39, 0.29) is 0 Å². The highest BCUT2D eigenvalue weighted by Gasteiger charge is 2.17. The number of nitrogens with zero attached hydrogens (tertiary/aromatic N) is 3. The summed E-state index contributed by atoms with van der Waals surface area (Å²) in [5, 5.41) is 4.96. The van der Waals surface area contributed by atoms with E-state index in [4.69, 9.17) is 4.98 Å². The fourth-order valence-corrected chi connectivity index (χ4v) is 5.83. The first-order chi connectivity index (χ1) is 18.9. The molecule has 0 aliphatic carbocycles. The van der Waals surface area contributed by atoms with Crippen LogP contribution in [0.5, 0.6) is 0 Å². The Kier molecular flexibility index (Phi) is 4.52. The summed E-state index contributed by atoms with van der Waals surface area (Å²) >= 11 is 0. The van der Waals surface area contributed by atoms with Gasteiger partial charge in [-0.2, -0.15) is 0 Å². The van der Waals surface area contributed by atoms with E-state index in [1.807, 2.05) is 0 Å². The second-order valence-electron chi connectivity index (χ2n) is 9.67. The molecule has 0 bridgehead atoms. The third kappa shape index (κ3) is 3.06. The van der Waals surface area contributed by atoms with E-state index in [1.54, 1.807) is 0 Å². The summed E-state index contributed by atoms with van der Waals surface area (Å²) < 4.78 is 4.65. The highest BCUT2D eigenvalue weighted by molar-refractivity contribution is 6.09. The zero-order chi connectivity index (χ0) is 25.1. The van der Waals surface area contributed by atoms with Crippen LogP contribution in [-0.4, -0.2) is 14.1 Å². The minimum Gasteiger partial charge on any atom is -0.309 e. The number of rotatable bonds is 3. The first-order valence-corrected chi connectivity index (χ1v) is 12.9. The average Bonchev–Trinajstić information content (AvgIpc) is 3.53. The normalized spacial score (nSPS) is 11.7. The van der Waals surface area contributed by atoms with Gasteiger partial charge in [-0.1, -0.05) is 84.9 Å². The molecule has 8 aromatic rings. The molecule has 178 valence electrons. The molecule has 38 heavy (non-hydrogen) atoms. The lowest BCUT2D eigenvalue weighted by atomic mass is 10.1. The fraction of sp³-hybridized carbons (Fsp3) is 0. The van der Waals surface area contributed by atoms with Gasteiger partial charge in [-0.15, -0.1) is 0 Å². The average molecular weight is 486 g/mol. The molecule has 8 rings (SSSR count). The number of hydrogen-bond acceptors (Lipinski definition) is 1. The van der Waals surface area contributed by atoms with E-state index in [0.717, 1.165) is 33.8 Å². The van der Waals surface area contributed by atoms with Crippen LogP contribution in [0.1, 0.15) is 0 Å². The van der Waals surface area contributed by atoms with Crippen LogP contribution in [0.3, 0.4) is 0 Å². The molecule has 6 aromatic carbocycles. The van der Waals surface area contributed by atoms with Crippen LogP contribution >= 0.6 is 0 Å². The quantitative estimate of drug-likeness (QED) is 0.245. The van der Waals surface area contributed by atoms with Crippen molar-refractivity contribution in [2.45, 2.75) is 0 Å². The highest BCUT2D eigenvalue weighted by Crippen LogP contribution is 2.35. The number of benzene rings is 6. The van der Waals surface area contributed by atoms with Crippen molar-refractivity contribution in [3.63, 3.8) is 0 Å². The molecule has 2 heterocycles. The van der Waals surface area contributed by atoms with Crippen molar-refractivity contribution in [1.29, 1.82) is 0 Å². The standard InChI is InChI=1S/C35H23N3/c1-2-12-27-24(10-1)11-9-19-31(27)38-34-18-8-5-15-30(34)36-35(38)25-20-22-26(23-21-25)37-32-16-6-3-13-28(32)29-14-4-7-17-33(29)37/h1-23H. The van der Waals surface area contributed by atoms with Crippen LogP contribution in [0.4, 0.5) is 0 Å². The molecule has 0 aliphatic heterocycles. The highest BCUT2D eigenvalue weighted by atomic mass is 15.1. The molecule has 0 amide bonds. The largest absolute Gasteiger partial charge is 0.309 e. The molecule has 0 atom stereocenters. The van der Waals surface area contributed by atoms with Gasteiger partial charge in [0.1, 0.15) is 5.82 Å². The lowest BCUT2D eigenvalue weighted by molar-refractivity contribution is 1.11. The van der Waals surface area contributed by atoms with E-state index in [0.29, 0.717) is 0 Å². The molecule has 0 saturated carbocycles. The van der Waals surface area contributed by atoms with E-state index in [9.17, 15) is 0 Å². The minimum atomic E-state index is 0.941. The molecule has 0 fully saturated rings. The van der Waals surface area contributed by atoms with Gasteiger partial charge in [-0.25, -0.2) is 4.98 Å². The molecule has 0 radical (unpaired) electrons. The Morgan fingerprint density at radius 1 is 0.421 bits per heavy atom. The van der Waals surface area contributed by atoms with E-state index >= 15 is 0 Å². The second kappa shape index (κ2) is 8.19. The summed E-state index contributed by atoms with van der Waals surface area (Å²) in [7, 11) is 0. The van der Waals surface area contributed by atoms with Crippen molar-refractivity contribution in [3.05, 3.63) is 140 Å². The van der Waals surface area contributed by atoms with Crippen LogP contribution in [0, 0.1) is 0 Å². The summed E-state index contributed by atoms with van der Waals surface area (Å²) in [6.07, 6.45) is 0. The molecule has 0 unspecified atom stereocenters. The Morgan fingerprint density at radius 3 is 1.74 bits per heavy atom. The molecule has 3 heteroatoms. The van der Waals surface area contributed by atoms with Crippen molar-refractivity contribution >= 4 is 43.6 Å². The maximum absolute atomic E-state index is 5.11. The van der Waals surface area contributed by atoms with Gasteiger partial charge in [-0.3, -0.25) is 4.57 Å². The monoisotopic (exact) mass is 485 g/mol. The van der Waals surface area contributed by atoms with Crippen LogP contribution in [0.25, 0.3) is 66.4 Å². The Balaban J connectivity index is 1.34. The van der Waals surface area contributed by atoms with Crippen molar-refractivity contribution < 1.29 is 0 Å². The first kappa shape index (κ1) is 21.0. The maximum Gasteiger partial charge on any atom is 0.145 e. The summed E-state index contributed by atoms with van der Waals surface area (Å²) in [6, 6.07) is 49.5. The van der Waals surface area contributed by atoms with Gasteiger partial charge in [0.25, 0.3) is 0 Å². The van der Waals surface area contributed by atoms with Crippen molar-refractivity contribution in [2.75, 3.05) is 0 Å². The van der Waals surface area contributed by atoms with Gasteiger partial charge in [0, 0.05) is 27.4 Å². The lowest BCUT2D eigenvalue weighted by Crippen LogP contribution is -1.99. The van der Waals surface area contributed by atoms with Crippen molar-refractivity contribution in [2.24, 2.45) is 0 Å². The predicted molar refractivity (Wildman–Crippen MR) is 158 cm³/mol. The van der Waals surface area contributed by atoms with Crippen molar-refractivity contribution in [3.8, 4) is 22.8 Å². The fourth-order valence-electron chi connectivity index (χ4n) is 5.83. The molecule has 0 saturated heterocycles. The number of aromatic nitrogens is 3. The molecular weight excluding hydrogens is 462 g/mol. The van der Waals surface area contributed by atoms with E-state index < -0.39 is 0 Å². The molecule has 0 spiro atoms. The summed E-state index contributed by atoms with van der Waals surface area (Å²) in [4.78, 5) is 5.11. The van der Waals surface area contributed by atoms with Gasteiger partial charge in [0.15, 0.2) is 0 Å². The summed E-state index contributed by atoms with van der Waals surface area (Å²) in [5.41, 5.74) is 7.87. The summed E-state index contributed by atoms with van der Waals surface area (Å²) in [6.45, 7) is 0. The van der Waals surface area contributed by atoms with Crippen molar-refractivity contribution in [1.82, 2.24) is 14.1 Å².